The molecule has 152 valence electrons. The van der Waals surface area contributed by atoms with E-state index in [-0.39, 0.29) is 0 Å². The van der Waals surface area contributed by atoms with Crippen molar-refractivity contribution in [1.29, 1.82) is 0 Å². The number of rotatable bonds is 4. The Hall–Kier alpha value is -3.10. The molecule has 1 N–H and O–H groups in total. The number of hydrogen-bond donors (Lipinski definition) is 1. The molecule has 1 aliphatic rings. The number of nitrogens with one attached hydrogen (secondary N) is 1. The van der Waals surface area contributed by atoms with Crippen LogP contribution in [0.4, 0.5) is 16.6 Å². The number of likely N-dealkylation sites (N-methyl/N-ethyl adjacent to an activating group) is 1. The minimum atomic E-state index is 0.470. The maximum absolute atomic E-state index is 4.77. The number of hydrogen-bond acceptors (Lipinski definition) is 8. The topological polar surface area (TPSA) is 70.1 Å². The smallest absolute Gasteiger partial charge is 0.190 e. The second-order valence-corrected chi connectivity index (χ2v) is 8.58. The summed E-state index contributed by atoms with van der Waals surface area (Å²) < 4.78 is 0. The van der Waals surface area contributed by atoms with E-state index in [1.54, 1.807) is 12.4 Å². The molecule has 0 saturated carbocycles. The second kappa shape index (κ2) is 7.97. The van der Waals surface area contributed by atoms with Gasteiger partial charge in [-0.05, 0) is 44.3 Å². The van der Waals surface area contributed by atoms with Gasteiger partial charge in [-0.3, -0.25) is 4.98 Å². The van der Waals surface area contributed by atoms with Crippen molar-refractivity contribution in [3.8, 4) is 11.3 Å². The number of anilines is 3. The summed E-state index contributed by atoms with van der Waals surface area (Å²) in [6.07, 6.45) is 5.41. The Morgan fingerprint density at radius 1 is 1.03 bits per heavy atom. The maximum atomic E-state index is 4.77. The number of pyridine rings is 3. The molecule has 8 heteroatoms. The molecule has 5 rings (SSSR count). The lowest BCUT2D eigenvalue weighted by Gasteiger charge is -2.39. The van der Waals surface area contributed by atoms with E-state index in [0.717, 1.165) is 52.2 Å². The predicted molar refractivity (Wildman–Crippen MR) is 122 cm³/mol. The molecule has 1 atom stereocenters. The summed E-state index contributed by atoms with van der Waals surface area (Å²) in [5, 5.41) is 4.16. The van der Waals surface area contributed by atoms with Gasteiger partial charge in [0.1, 0.15) is 16.2 Å². The van der Waals surface area contributed by atoms with Gasteiger partial charge in [-0.25, -0.2) is 15.0 Å². The average Bonchev–Trinajstić information content (AvgIpc) is 3.16. The summed E-state index contributed by atoms with van der Waals surface area (Å²) in [4.78, 5) is 23.7. The molecule has 1 unspecified atom stereocenters. The summed E-state index contributed by atoms with van der Waals surface area (Å²) in [5.41, 5.74) is 4.03. The van der Waals surface area contributed by atoms with E-state index >= 15 is 0 Å². The number of aromatic nitrogens is 4. The Balaban J connectivity index is 1.38. The first kappa shape index (κ1) is 18.9. The summed E-state index contributed by atoms with van der Waals surface area (Å²) in [6.45, 7) is 5.42. The predicted octanol–water partition coefficient (Wildman–Crippen LogP) is 4.03. The normalized spacial score (nSPS) is 17.4. The number of thiazole rings is 1. The van der Waals surface area contributed by atoms with E-state index in [4.69, 9.17) is 4.98 Å². The Labute approximate surface area is 179 Å². The average molecular weight is 418 g/mol. The zero-order valence-electron chi connectivity index (χ0n) is 17.0. The van der Waals surface area contributed by atoms with Gasteiger partial charge in [0.2, 0.25) is 0 Å². The largest absolute Gasteiger partial charge is 0.366 e. The summed E-state index contributed by atoms with van der Waals surface area (Å²) in [5.74, 6) is 0.798. The molecule has 0 aromatic carbocycles. The number of piperazine rings is 1. The van der Waals surface area contributed by atoms with Crippen LogP contribution in [0.15, 0.2) is 55.0 Å². The molecule has 7 nitrogen and oxygen atoms in total. The highest BCUT2D eigenvalue weighted by molar-refractivity contribution is 7.21. The summed E-state index contributed by atoms with van der Waals surface area (Å²) in [6, 6.07) is 12.6. The zero-order valence-corrected chi connectivity index (χ0v) is 17.8. The van der Waals surface area contributed by atoms with Crippen LogP contribution < -0.4 is 10.2 Å². The highest BCUT2D eigenvalue weighted by atomic mass is 32.1. The van der Waals surface area contributed by atoms with E-state index in [0.29, 0.717) is 6.04 Å². The Morgan fingerprint density at radius 2 is 1.90 bits per heavy atom. The van der Waals surface area contributed by atoms with Gasteiger partial charge in [-0.1, -0.05) is 11.3 Å². The van der Waals surface area contributed by atoms with E-state index in [1.165, 1.54) is 17.0 Å². The second-order valence-electron chi connectivity index (χ2n) is 7.60. The van der Waals surface area contributed by atoms with Gasteiger partial charge < -0.3 is 15.1 Å². The lowest BCUT2D eigenvalue weighted by molar-refractivity contribution is 0.275. The van der Waals surface area contributed by atoms with Gasteiger partial charge in [0.15, 0.2) is 5.13 Å². The molecule has 0 spiro atoms. The highest BCUT2D eigenvalue weighted by Gasteiger charge is 2.22. The van der Waals surface area contributed by atoms with Crippen molar-refractivity contribution < 1.29 is 0 Å². The first-order chi connectivity index (χ1) is 14.7. The third kappa shape index (κ3) is 3.83. The molecule has 0 aliphatic carbocycles. The molecule has 4 aromatic heterocycles. The van der Waals surface area contributed by atoms with Crippen LogP contribution in [0.3, 0.4) is 0 Å². The standard InChI is InChI=1S/C22H23N7S/c1-15-14-28(2)11-12-29(15)17-7-10-24-20(13-17)27-22-26-19-4-3-18(25-21(19)30-22)16-5-8-23-9-6-16/h3-10,13,15H,11-12,14H2,1-2H3,(H,24,26,27). The van der Waals surface area contributed by atoms with Gasteiger partial charge >= 0.3 is 0 Å². The van der Waals surface area contributed by atoms with Crippen molar-refractivity contribution in [2.24, 2.45) is 0 Å². The van der Waals surface area contributed by atoms with Crippen molar-refractivity contribution in [2.75, 3.05) is 36.9 Å². The van der Waals surface area contributed by atoms with Gasteiger partial charge in [0.05, 0.1) is 5.69 Å². The molecular formula is C22H23N7S. The lowest BCUT2D eigenvalue weighted by Crippen LogP contribution is -2.50. The van der Waals surface area contributed by atoms with Crippen LogP contribution in [0.1, 0.15) is 6.92 Å². The monoisotopic (exact) mass is 417 g/mol. The number of fused-ring (bicyclic) bond motifs is 1. The Kier molecular flexibility index (Phi) is 5.02. The van der Waals surface area contributed by atoms with E-state index in [2.05, 4.69) is 56.2 Å². The molecule has 1 saturated heterocycles. The minimum Gasteiger partial charge on any atom is -0.366 e. The van der Waals surface area contributed by atoms with Crippen LogP contribution in [0, 0.1) is 0 Å². The SMILES string of the molecule is CC1CN(C)CCN1c1ccnc(Nc2nc3ccc(-c4ccncc4)nc3s2)c1. The van der Waals surface area contributed by atoms with E-state index in [1.807, 2.05) is 30.5 Å². The van der Waals surface area contributed by atoms with Crippen molar-refractivity contribution in [3.63, 3.8) is 0 Å². The molecule has 30 heavy (non-hydrogen) atoms. The summed E-state index contributed by atoms with van der Waals surface area (Å²) >= 11 is 1.53. The van der Waals surface area contributed by atoms with Crippen LogP contribution in [0.2, 0.25) is 0 Å². The van der Waals surface area contributed by atoms with Crippen LogP contribution in [-0.4, -0.2) is 57.6 Å². The highest BCUT2D eigenvalue weighted by Crippen LogP contribution is 2.30. The minimum absolute atomic E-state index is 0.470. The molecule has 0 amide bonds. The van der Waals surface area contributed by atoms with Crippen molar-refractivity contribution in [2.45, 2.75) is 13.0 Å². The fraction of sp³-hybridized carbons (Fsp3) is 0.273. The number of nitrogens with zero attached hydrogens (tertiary/aromatic N) is 6. The van der Waals surface area contributed by atoms with Crippen molar-refractivity contribution in [1.82, 2.24) is 24.8 Å². The third-order valence-electron chi connectivity index (χ3n) is 5.37. The maximum Gasteiger partial charge on any atom is 0.190 e. The molecule has 0 bridgehead atoms. The molecule has 5 heterocycles. The lowest BCUT2D eigenvalue weighted by atomic mass is 10.1. The molecule has 4 aromatic rings. The molecule has 0 radical (unpaired) electrons. The van der Waals surface area contributed by atoms with E-state index < -0.39 is 0 Å². The van der Waals surface area contributed by atoms with Crippen LogP contribution in [-0.2, 0) is 0 Å². The van der Waals surface area contributed by atoms with Gasteiger partial charge in [0.25, 0.3) is 0 Å². The van der Waals surface area contributed by atoms with Crippen LogP contribution in [0.25, 0.3) is 21.6 Å². The van der Waals surface area contributed by atoms with Gasteiger partial charge in [-0.2, -0.15) is 0 Å². The first-order valence-electron chi connectivity index (χ1n) is 10.0. The molecule has 1 fully saturated rings. The van der Waals surface area contributed by atoms with Gasteiger partial charge in [-0.15, -0.1) is 0 Å². The third-order valence-corrected chi connectivity index (χ3v) is 6.25. The zero-order chi connectivity index (χ0) is 20.5. The first-order valence-corrected chi connectivity index (χ1v) is 10.8. The van der Waals surface area contributed by atoms with Crippen molar-refractivity contribution >= 4 is 38.3 Å². The fourth-order valence-corrected chi connectivity index (χ4v) is 4.70. The van der Waals surface area contributed by atoms with Gasteiger partial charge in [0, 0.05) is 61.6 Å². The Morgan fingerprint density at radius 3 is 2.73 bits per heavy atom. The Bertz CT molecular complexity index is 1160. The fourth-order valence-electron chi connectivity index (χ4n) is 3.85. The molecular weight excluding hydrogens is 394 g/mol. The quantitative estimate of drug-likeness (QED) is 0.537. The van der Waals surface area contributed by atoms with Crippen LogP contribution >= 0.6 is 11.3 Å². The van der Waals surface area contributed by atoms with Crippen molar-refractivity contribution in [3.05, 3.63) is 55.0 Å². The van der Waals surface area contributed by atoms with Crippen LogP contribution in [0.5, 0.6) is 0 Å². The van der Waals surface area contributed by atoms with E-state index in [9.17, 15) is 0 Å². The molecule has 1 aliphatic heterocycles. The summed E-state index contributed by atoms with van der Waals surface area (Å²) in [7, 11) is 2.18.